The zero-order valence-corrected chi connectivity index (χ0v) is 16.8. The van der Waals surface area contributed by atoms with Gasteiger partial charge in [0.15, 0.2) is 0 Å². The van der Waals surface area contributed by atoms with E-state index in [0.29, 0.717) is 6.54 Å². The molecule has 0 fully saturated rings. The predicted molar refractivity (Wildman–Crippen MR) is 110 cm³/mol. The average molecular weight is 381 g/mol. The molecule has 0 aliphatic heterocycles. The summed E-state index contributed by atoms with van der Waals surface area (Å²) in [7, 11) is 2.96. The fraction of sp³-hybridized carbons (Fsp3) is 0.304. The highest BCUT2D eigenvalue weighted by molar-refractivity contribution is 5.92. The van der Waals surface area contributed by atoms with E-state index in [0.717, 1.165) is 22.4 Å². The predicted octanol–water partition coefficient (Wildman–Crippen LogP) is 3.85. The van der Waals surface area contributed by atoms with E-state index >= 15 is 0 Å². The summed E-state index contributed by atoms with van der Waals surface area (Å²) in [4.78, 5) is 26.3. The van der Waals surface area contributed by atoms with E-state index in [-0.39, 0.29) is 18.4 Å². The van der Waals surface area contributed by atoms with Crippen molar-refractivity contribution >= 4 is 18.0 Å². The summed E-state index contributed by atoms with van der Waals surface area (Å²) >= 11 is 0. The van der Waals surface area contributed by atoms with Crippen molar-refractivity contribution in [3.8, 4) is 5.75 Å². The maximum Gasteiger partial charge on any atom is 0.310 e. The summed E-state index contributed by atoms with van der Waals surface area (Å²) in [6.07, 6.45) is 3.32. The zero-order chi connectivity index (χ0) is 20.5. The number of aryl methyl sites for hydroxylation is 1. The first-order valence-corrected chi connectivity index (χ1v) is 9.17. The fourth-order valence-electron chi connectivity index (χ4n) is 2.74. The molecule has 0 saturated heterocycles. The van der Waals surface area contributed by atoms with E-state index in [1.54, 1.807) is 25.0 Å². The lowest BCUT2D eigenvalue weighted by molar-refractivity contribution is -0.146. The van der Waals surface area contributed by atoms with Crippen LogP contribution in [-0.4, -0.2) is 37.5 Å². The van der Waals surface area contributed by atoms with Crippen LogP contribution in [0.25, 0.3) is 6.08 Å². The maximum atomic E-state index is 12.8. The second-order valence-corrected chi connectivity index (χ2v) is 6.74. The Morgan fingerprint density at radius 2 is 1.68 bits per heavy atom. The van der Waals surface area contributed by atoms with Gasteiger partial charge < -0.3 is 14.4 Å². The number of hydrogen-bond acceptors (Lipinski definition) is 4. The van der Waals surface area contributed by atoms with E-state index in [2.05, 4.69) is 0 Å². The third-order valence-electron chi connectivity index (χ3n) is 4.44. The molecule has 5 heteroatoms. The Balaban J connectivity index is 2.16. The number of nitrogens with zero attached hydrogens (tertiary/aromatic N) is 1. The van der Waals surface area contributed by atoms with Crippen molar-refractivity contribution in [3.63, 3.8) is 0 Å². The van der Waals surface area contributed by atoms with Crippen LogP contribution in [0.3, 0.4) is 0 Å². The van der Waals surface area contributed by atoms with Crippen molar-refractivity contribution in [1.82, 2.24) is 4.90 Å². The number of rotatable bonds is 8. The minimum Gasteiger partial charge on any atom is -0.497 e. The Kier molecular flexibility index (Phi) is 7.81. The Morgan fingerprint density at radius 3 is 2.25 bits per heavy atom. The smallest absolute Gasteiger partial charge is 0.310 e. The van der Waals surface area contributed by atoms with Crippen LogP contribution in [0.4, 0.5) is 0 Å². The van der Waals surface area contributed by atoms with Gasteiger partial charge >= 0.3 is 5.97 Å². The van der Waals surface area contributed by atoms with E-state index in [1.807, 2.05) is 55.5 Å². The monoisotopic (exact) mass is 381 g/mol. The van der Waals surface area contributed by atoms with E-state index in [4.69, 9.17) is 9.47 Å². The Labute approximate surface area is 166 Å². The average Bonchev–Trinajstić information content (AvgIpc) is 2.72. The van der Waals surface area contributed by atoms with Crippen LogP contribution in [-0.2, 0) is 20.9 Å². The van der Waals surface area contributed by atoms with Gasteiger partial charge in [0, 0.05) is 19.2 Å². The molecule has 0 aliphatic carbocycles. The number of amides is 1. The minimum absolute atomic E-state index is 0.160. The lowest BCUT2D eigenvalue weighted by Gasteiger charge is -2.24. The van der Waals surface area contributed by atoms with Gasteiger partial charge in [-0.3, -0.25) is 9.59 Å². The number of ether oxygens (including phenoxy) is 2. The third kappa shape index (κ3) is 6.27. The largest absolute Gasteiger partial charge is 0.497 e. The van der Waals surface area contributed by atoms with Crippen molar-refractivity contribution in [1.29, 1.82) is 0 Å². The SMILES string of the molecule is COC(=O)C(C)CN(Cc1ccc(OC)cc1)C(=O)/C=C/c1ccc(C)cc1. The lowest BCUT2D eigenvalue weighted by Crippen LogP contribution is -2.35. The third-order valence-corrected chi connectivity index (χ3v) is 4.44. The molecule has 2 aromatic rings. The van der Waals surface area contributed by atoms with Crippen molar-refractivity contribution in [2.24, 2.45) is 5.92 Å². The van der Waals surface area contributed by atoms with Gasteiger partial charge in [0.2, 0.25) is 5.91 Å². The van der Waals surface area contributed by atoms with Crippen LogP contribution in [0.5, 0.6) is 5.75 Å². The van der Waals surface area contributed by atoms with Gasteiger partial charge in [0.25, 0.3) is 0 Å². The molecule has 1 atom stereocenters. The van der Waals surface area contributed by atoms with E-state index in [9.17, 15) is 9.59 Å². The molecular formula is C23H27NO4. The molecule has 0 N–H and O–H groups in total. The van der Waals surface area contributed by atoms with Crippen molar-refractivity contribution in [2.75, 3.05) is 20.8 Å². The summed E-state index contributed by atoms with van der Waals surface area (Å²) in [5.41, 5.74) is 3.07. The Bertz CT molecular complexity index is 810. The Morgan fingerprint density at radius 1 is 1.04 bits per heavy atom. The summed E-state index contributed by atoms with van der Waals surface area (Å²) in [5, 5.41) is 0. The molecule has 0 saturated carbocycles. The minimum atomic E-state index is -0.417. The number of carbonyl (C=O) groups excluding carboxylic acids is 2. The van der Waals surface area contributed by atoms with E-state index < -0.39 is 5.92 Å². The van der Waals surface area contributed by atoms with Crippen molar-refractivity contribution < 1.29 is 19.1 Å². The molecule has 0 aliphatic rings. The number of methoxy groups -OCH3 is 2. The molecule has 0 heterocycles. The molecule has 1 unspecified atom stereocenters. The quantitative estimate of drug-likeness (QED) is 0.515. The molecule has 0 radical (unpaired) electrons. The van der Waals surface area contributed by atoms with Gasteiger partial charge in [-0.2, -0.15) is 0 Å². The van der Waals surface area contributed by atoms with Gasteiger partial charge in [0.1, 0.15) is 5.75 Å². The summed E-state index contributed by atoms with van der Waals surface area (Å²) in [5.74, 6) is -0.161. The topological polar surface area (TPSA) is 55.8 Å². The molecule has 28 heavy (non-hydrogen) atoms. The molecule has 2 aromatic carbocycles. The highest BCUT2D eigenvalue weighted by Gasteiger charge is 2.20. The molecule has 1 amide bonds. The molecule has 2 rings (SSSR count). The van der Waals surface area contributed by atoms with Crippen molar-refractivity contribution in [2.45, 2.75) is 20.4 Å². The summed E-state index contributed by atoms with van der Waals surface area (Å²) < 4.78 is 9.98. The van der Waals surface area contributed by atoms with Crippen molar-refractivity contribution in [3.05, 3.63) is 71.3 Å². The Hall–Kier alpha value is -3.08. The van der Waals surface area contributed by atoms with Crippen LogP contribution in [0, 0.1) is 12.8 Å². The first kappa shape index (κ1) is 21.2. The lowest BCUT2D eigenvalue weighted by atomic mass is 10.1. The first-order chi connectivity index (χ1) is 13.4. The van der Waals surface area contributed by atoms with Gasteiger partial charge in [-0.05, 0) is 36.3 Å². The number of hydrogen-bond donors (Lipinski definition) is 0. The zero-order valence-electron chi connectivity index (χ0n) is 16.8. The van der Waals surface area contributed by atoms with Gasteiger partial charge in [0.05, 0.1) is 20.1 Å². The maximum absolute atomic E-state index is 12.8. The van der Waals surface area contributed by atoms with Crippen LogP contribution in [0.15, 0.2) is 54.6 Å². The second-order valence-electron chi connectivity index (χ2n) is 6.74. The second kappa shape index (κ2) is 10.3. The number of benzene rings is 2. The highest BCUT2D eigenvalue weighted by Crippen LogP contribution is 2.15. The van der Waals surface area contributed by atoms with Crippen LogP contribution >= 0.6 is 0 Å². The first-order valence-electron chi connectivity index (χ1n) is 9.17. The summed E-state index contributed by atoms with van der Waals surface area (Å²) in [6, 6.07) is 15.4. The van der Waals surface area contributed by atoms with Gasteiger partial charge in [-0.25, -0.2) is 0 Å². The fourth-order valence-corrected chi connectivity index (χ4v) is 2.74. The van der Waals surface area contributed by atoms with Crippen LogP contribution in [0.2, 0.25) is 0 Å². The number of carbonyl (C=O) groups is 2. The number of esters is 1. The molecular weight excluding hydrogens is 354 g/mol. The standard InChI is InChI=1S/C23H27NO4/c1-17-5-7-19(8-6-17)11-14-22(25)24(15-18(2)23(26)28-4)16-20-9-12-21(27-3)13-10-20/h5-14,18H,15-16H2,1-4H3/b14-11+. The molecule has 148 valence electrons. The molecule has 5 nitrogen and oxygen atoms in total. The molecule has 0 spiro atoms. The summed E-state index contributed by atoms with van der Waals surface area (Å²) in [6.45, 7) is 4.44. The van der Waals surface area contributed by atoms with Gasteiger partial charge in [-0.15, -0.1) is 0 Å². The van der Waals surface area contributed by atoms with Crippen LogP contribution in [0.1, 0.15) is 23.6 Å². The van der Waals surface area contributed by atoms with Gasteiger partial charge in [-0.1, -0.05) is 48.9 Å². The molecule has 0 aromatic heterocycles. The highest BCUT2D eigenvalue weighted by atomic mass is 16.5. The normalized spacial score (nSPS) is 11.9. The van der Waals surface area contributed by atoms with E-state index in [1.165, 1.54) is 13.2 Å². The van der Waals surface area contributed by atoms with Crippen LogP contribution < -0.4 is 4.74 Å². The molecule has 0 bridgehead atoms.